The maximum absolute atomic E-state index is 13.1. The molecule has 242 valence electrons. The van der Waals surface area contributed by atoms with Crippen molar-refractivity contribution >= 4 is 43.9 Å². The number of phosphoric ester groups is 2. The van der Waals surface area contributed by atoms with E-state index in [4.69, 9.17) is 33.3 Å². The molecule has 0 aromatic carbocycles. The summed E-state index contributed by atoms with van der Waals surface area (Å²) in [7, 11) is -10.1. The molecule has 23 nitrogen and oxygen atoms in total. The second-order valence-electron chi connectivity index (χ2n) is 10.1. The SMILES string of the molecule is Nc1nc2c(ncn2[C@@H]2O[C@H]3COP(=O)(O)O[C@@H]4C(O)[C@H](n5cnc6c(=O)[nH]cnc65)O[C@@H]4COP(=O)(O)O[C@@H]3C2O)c(=O)[nH]1. The van der Waals surface area contributed by atoms with Crippen LogP contribution in [0.5, 0.6) is 0 Å². The van der Waals surface area contributed by atoms with Gasteiger partial charge < -0.3 is 40.2 Å². The molecule has 4 aromatic rings. The molecule has 7 rings (SSSR count). The molecular weight excluding hydrogens is 652 g/mol. The minimum atomic E-state index is -5.08. The van der Waals surface area contributed by atoms with Gasteiger partial charge in [0.05, 0.1) is 32.2 Å². The predicted octanol–water partition coefficient (Wildman–Crippen LogP) is -2.63. The van der Waals surface area contributed by atoms with Gasteiger partial charge in [-0.1, -0.05) is 0 Å². The first kappa shape index (κ1) is 30.2. The van der Waals surface area contributed by atoms with Gasteiger partial charge in [0.2, 0.25) is 5.95 Å². The van der Waals surface area contributed by atoms with Crippen LogP contribution in [0, 0.1) is 0 Å². The van der Waals surface area contributed by atoms with Gasteiger partial charge in [-0.2, -0.15) is 4.98 Å². The Morgan fingerprint density at radius 3 is 1.89 bits per heavy atom. The summed E-state index contributed by atoms with van der Waals surface area (Å²) >= 11 is 0. The van der Waals surface area contributed by atoms with Gasteiger partial charge >= 0.3 is 15.6 Å². The molecule has 3 aliphatic heterocycles. The molecule has 3 saturated heterocycles. The van der Waals surface area contributed by atoms with E-state index < -0.39 is 89.1 Å². The van der Waals surface area contributed by atoms with Crippen LogP contribution in [0.15, 0.2) is 28.6 Å². The van der Waals surface area contributed by atoms with Crippen LogP contribution in [0.25, 0.3) is 22.3 Å². The molecule has 0 aliphatic carbocycles. The Labute approximate surface area is 247 Å². The number of fused-ring (bicyclic) bond motifs is 4. The van der Waals surface area contributed by atoms with Crippen LogP contribution in [0.3, 0.4) is 0 Å². The molecule has 3 aliphatic rings. The Balaban J connectivity index is 1.17. The van der Waals surface area contributed by atoms with Crippen LogP contribution < -0.4 is 16.9 Å². The number of hydrogen-bond acceptors (Lipinski definition) is 17. The standard InChI is InChI=1S/C20H23N9O14P2/c21-20-26-15-9(17(33)27-20)25-5-29(15)19-11(31)13-7(41-19)2-39-44(34,35)42-12-6(1-38-45(36,37)43-13)40-18(10(12)30)28-4-24-8-14(28)22-3-23-16(8)32/h3-7,10-13,18-19,30-31H,1-2H2,(H,34,35)(H,36,37)(H,22,23,32)(H3,21,26,27,33)/t6-,7+,10?,11?,12+,13+,18-,19-/m1/s1. The number of H-pyrrole nitrogens is 2. The smallest absolute Gasteiger partial charge is 0.386 e. The molecule has 45 heavy (non-hydrogen) atoms. The number of phosphoric acid groups is 2. The number of nitrogens with two attached hydrogens (primary N) is 1. The molecule has 10 atom stereocenters. The van der Waals surface area contributed by atoms with E-state index >= 15 is 0 Å². The highest BCUT2D eigenvalue weighted by molar-refractivity contribution is 7.47. The Morgan fingerprint density at radius 2 is 1.33 bits per heavy atom. The second-order valence-corrected chi connectivity index (χ2v) is 12.9. The quantitative estimate of drug-likeness (QED) is 0.107. The monoisotopic (exact) mass is 675 g/mol. The van der Waals surface area contributed by atoms with Gasteiger partial charge in [-0.3, -0.25) is 41.8 Å². The number of aliphatic hydroxyl groups excluding tert-OH is 2. The number of nitrogens with one attached hydrogen (secondary N) is 2. The number of aromatic nitrogens is 8. The largest absolute Gasteiger partial charge is 0.472 e. The zero-order valence-electron chi connectivity index (χ0n) is 22.3. The van der Waals surface area contributed by atoms with Crippen molar-refractivity contribution in [1.29, 1.82) is 0 Å². The summed E-state index contributed by atoms with van der Waals surface area (Å²) in [6.45, 7) is -1.70. The number of ether oxygens (including phenoxy) is 2. The van der Waals surface area contributed by atoms with Crippen LogP contribution in [-0.2, 0) is 36.7 Å². The van der Waals surface area contributed by atoms with E-state index in [9.17, 15) is 38.7 Å². The van der Waals surface area contributed by atoms with Crippen molar-refractivity contribution in [1.82, 2.24) is 39.0 Å². The van der Waals surface area contributed by atoms with Crippen LogP contribution in [0.4, 0.5) is 5.95 Å². The summed E-state index contributed by atoms with van der Waals surface area (Å²) in [5.74, 6) is -0.275. The lowest BCUT2D eigenvalue weighted by Crippen LogP contribution is -2.39. The number of aliphatic hydroxyl groups is 2. The first-order valence-corrected chi connectivity index (χ1v) is 15.9. The average molecular weight is 675 g/mol. The second kappa shape index (κ2) is 10.8. The van der Waals surface area contributed by atoms with Crippen LogP contribution >= 0.6 is 15.6 Å². The lowest BCUT2D eigenvalue weighted by molar-refractivity contribution is -0.0664. The van der Waals surface area contributed by atoms with Crippen LogP contribution in [0.2, 0.25) is 0 Å². The van der Waals surface area contributed by atoms with E-state index in [1.165, 1.54) is 0 Å². The fourth-order valence-corrected chi connectivity index (χ4v) is 7.24. The number of rotatable bonds is 2. The maximum Gasteiger partial charge on any atom is 0.472 e. The molecule has 0 spiro atoms. The van der Waals surface area contributed by atoms with Gasteiger partial charge in [0, 0.05) is 0 Å². The van der Waals surface area contributed by atoms with Crippen molar-refractivity contribution in [2.24, 2.45) is 0 Å². The van der Waals surface area contributed by atoms with Crippen molar-refractivity contribution in [3.63, 3.8) is 0 Å². The summed E-state index contributed by atoms with van der Waals surface area (Å²) in [5, 5.41) is 22.2. The predicted molar refractivity (Wildman–Crippen MR) is 142 cm³/mol. The van der Waals surface area contributed by atoms with Gasteiger partial charge in [0.25, 0.3) is 11.1 Å². The van der Waals surface area contributed by atoms with E-state index in [1.807, 2.05) is 0 Å². The topological polar surface area (TPSA) is 324 Å². The maximum atomic E-state index is 13.1. The molecule has 0 saturated carbocycles. The summed E-state index contributed by atoms with van der Waals surface area (Å²) < 4.78 is 60.6. The lowest BCUT2D eigenvalue weighted by atomic mass is 10.1. The van der Waals surface area contributed by atoms with Crippen LogP contribution in [-0.4, -0.2) is 109 Å². The Hall–Kier alpha value is -3.44. The third-order valence-electron chi connectivity index (χ3n) is 7.30. The van der Waals surface area contributed by atoms with E-state index in [0.29, 0.717) is 0 Å². The zero-order chi connectivity index (χ0) is 31.8. The minimum absolute atomic E-state index is 0.0118. The van der Waals surface area contributed by atoms with Gasteiger partial charge in [-0.25, -0.2) is 24.1 Å². The van der Waals surface area contributed by atoms with E-state index in [0.717, 1.165) is 28.1 Å². The van der Waals surface area contributed by atoms with E-state index in [1.54, 1.807) is 0 Å². The first-order chi connectivity index (χ1) is 21.3. The summed E-state index contributed by atoms with van der Waals surface area (Å²) in [4.78, 5) is 65.9. The normalized spacial score (nSPS) is 37.7. The molecule has 4 aromatic heterocycles. The number of anilines is 1. The van der Waals surface area contributed by atoms with E-state index in [-0.39, 0.29) is 28.3 Å². The number of hydrogen-bond donors (Lipinski definition) is 7. The van der Waals surface area contributed by atoms with Crippen molar-refractivity contribution in [2.45, 2.75) is 49.1 Å². The highest BCUT2D eigenvalue weighted by Crippen LogP contribution is 2.53. The highest BCUT2D eigenvalue weighted by atomic mass is 31.2. The van der Waals surface area contributed by atoms with Crippen molar-refractivity contribution in [3.8, 4) is 0 Å². The fraction of sp³-hybridized carbons (Fsp3) is 0.500. The van der Waals surface area contributed by atoms with Gasteiger partial charge in [-0.15, -0.1) is 0 Å². The van der Waals surface area contributed by atoms with Crippen molar-refractivity contribution < 1.29 is 56.7 Å². The average Bonchev–Trinajstić information content (AvgIpc) is 3.72. The van der Waals surface area contributed by atoms with Gasteiger partial charge in [0.1, 0.15) is 36.6 Å². The molecule has 0 amide bonds. The Bertz CT molecular complexity index is 2000. The number of nitrogens with zero attached hydrogens (tertiary/aromatic N) is 6. The molecule has 8 N–H and O–H groups in total. The number of nitrogen functional groups attached to an aromatic ring is 1. The summed E-state index contributed by atoms with van der Waals surface area (Å²) in [5.41, 5.74) is 3.96. The molecule has 0 radical (unpaired) electrons. The molecule has 25 heteroatoms. The zero-order valence-corrected chi connectivity index (χ0v) is 24.1. The third-order valence-corrected chi connectivity index (χ3v) is 9.27. The summed E-state index contributed by atoms with van der Waals surface area (Å²) in [6.07, 6.45) is -9.53. The van der Waals surface area contributed by atoms with Gasteiger partial charge in [0.15, 0.2) is 34.8 Å². The number of imidazole rings is 2. The third kappa shape index (κ3) is 5.31. The molecule has 0 bridgehead atoms. The Morgan fingerprint density at radius 1 is 0.822 bits per heavy atom. The van der Waals surface area contributed by atoms with Crippen LogP contribution in [0.1, 0.15) is 12.5 Å². The molecule has 3 fully saturated rings. The molecule has 4 unspecified atom stereocenters. The summed E-state index contributed by atoms with van der Waals surface area (Å²) in [6, 6.07) is 0. The Kier molecular flexibility index (Phi) is 7.27. The van der Waals surface area contributed by atoms with Crippen molar-refractivity contribution in [2.75, 3.05) is 18.9 Å². The minimum Gasteiger partial charge on any atom is -0.386 e. The van der Waals surface area contributed by atoms with Crippen molar-refractivity contribution in [3.05, 3.63) is 39.7 Å². The lowest BCUT2D eigenvalue weighted by Gasteiger charge is -2.27. The number of aromatic amines is 2. The molecule has 7 heterocycles. The fourth-order valence-electron chi connectivity index (χ4n) is 5.31. The molecular formula is C20H23N9O14P2. The highest BCUT2D eigenvalue weighted by Gasteiger charge is 2.54. The first-order valence-electron chi connectivity index (χ1n) is 12.9. The van der Waals surface area contributed by atoms with Gasteiger partial charge in [-0.05, 0) is 0 Å². The van der Waals surface area contributed by atoms with E-state index in [2.05, 4.69) is 29.9 Å².